The smallest absolute Gasteiger partial charge is 0.0233 e. The minimum atomic E-state index is 0.697. The minimum absolute atomic E-state index is 0.697. The molecule has 0 amide bonds. The molecule has 1 aromatic rings. The molecule has 2 nitrogen and oxygen atoms in total. The lowest BCUT2D eigenvalue weighted by molar-refractivity contribution is 0.190. The zero-order chi connectivity index (χ0) is 13.7. The predicted molar refractivity (Wildman–Crippen MR) is 82.3 cm³/mol. The van der Waals surface area contributed by atoms with Gasteiger partial charge in [-0.05, 0) is 44.3 Å². The maximum absolute atomic E-state index is 3.69. The van der Waals surface area contributed by atoms with Crippen LogP contribution < -0.4 is 5.32 Å². The molecule has 0 aliphatic carbocycles. The Labute approximate surface area is 118 Å². The van der Waals surface area contributed by atoms with Gasteiger partial charge in [0.15, 0.2) is 0 Å². The number of nitrogens with one attached hydrogen (secondary N) is 1. The van der Waals surface area contributed by atoms with Gasteiger partial charge in [0.2, 0.25) is 0 Å². The Morgan fingerprint density at radius 1 is 1.37 bits per heavy atom. The zero-order valence-electron chi connectivity index (χ0n) is 12.7. The maximum atomic E-state index is 3.69. The summed E-state index contributed by atoms with van der Waals surface area (Å²) in [5, 5.41) is 3.69. The van der Waals surface area contributed by atoms with Gasteiger partial charge in [0, 0.05) is 19.1 Å². The summed E-state index contributed by atoms with van der Waals surface area (Å²) >= 11 is 0. The van der Waals surface area contributed by atoms with Crippen molar-refractivity contribution in [1.29, 1.82) is 0 Å². The third-order valence-corrected chi connectivity index (χ3v) is 4.10. The minimum Gasteiger partial charge on any atom is -0.314 e. The molecule has 1 aromatic carbocycles. The van der Waals surface area contributed by atoms with Crippen molar-refractivity contribution in [2.24, 2.45) is 5.92 Å². The Morgan fingerprint density at radius 2 is 2.21 bits per heavy atom. The zero-order valence-corrected chi connectivity index (χ0v) is 12.7. The average molecular weight is 260 g/mol. The van der Waals surface area contributed by atoms with Crippen LogP contribution in [0.4, 0.5) is 0 Å². The van der Waals surface area contributed by atoms with E-state index in [1.807, 2.05) is 0 Å². The van der Waals surface area contributed by atoms with Crippen LogP contribution in [0, 0.1) is 12.8 Å². The highest BCUT2D eigenvalue weighted by atomic mass is 15.1. The number of rotatable bonds is 3. The summed E-state index contributed by atoms with van der Waals surface area (Å²) in [6.45, 7) is 11.5. The first kappa shape index (κ1) is 14.5. The summed E-state index contributed by atoms with van der Waals surface area (Å²) in [5.74, 6) is 0.735. The van der Waals surface area contributed by atoms with Crippen LogP contribution in [0.15, 0.2) is 24.3 Å². The molecule has 1 heterocycles. The predicted octanol–water partition coefficient (Wildman–Crippen LogP) is 3.21. The summed E-state index contributed by atoms with van der Waals surface area (Å²) in [6, 6.07) is 9.62. The molecular formula is C17H28N2. The Hall–Kier alpha value is -0.860. The number of hydrogen-bond acceptors (Lipinski definition) is 2. The monoisotopic (exact) mass is 260 g/mol. The van der Waals surface area contributed by atoms with E-state index in [0.717, 1.165) is 19.0 Å². The second kappa shape index (κ2) is 7.06. The Kier molecular flexibility index (Phi) is 5.41. The van der Waals surface area contributed by atoms with Gasteiger partial charge in [-0.1, -0.05) is 43.7 Å². The first-order valence-electron chi connectivity index (χ1n) is 7.68. The summed E-state index contributed by atoms with van der Waals surface area (Å²) in [6.07, 6.45) is 2.51. The van der Waals surface area contributed by atoms with E-state index in [-0.39, 0.29) is 0 Å². The van der Waals surface area contributed by atoms with Crippen LogP contribution in [0.2, 0.25) is 0 Å². The summed E-state index contributed by atoms with van der Waals surface area (Å²) in [5.41, 5.74) is 2.82. The lowest BCUT2D eigenvalue weighted by atomic mass is 10.0. The van der Waals surface area contributed by atoms with Crippen molar-refractivity contribution in [2.75, 3.05) is 19.6 Å². The van der Waals surface area contributed by atoms with E-state index in [0.29, 0.717) is 6.04 Å². The van der Waals surface area contributed by atoms with Gasteiger partial charge in [-0.2, -0.15) is 0 Å². The summed E-state index contributed by atoms with van der Waals surface area (Å²) < 4.78 is 0. The van der Waals surface area contributed by atoms with Crippen molar-refractivity contribution in [3.8, 4) is 0 Å². The molecule has 0 saturated carbocycles. The van der Waals surface area contributed by atoms with Crippen LogP contribution in [0.3, 0.4) is 0 Å². The molecule has 0 spiro atoms. The van der Waals surface area contributed by atoms with E-state index < -0.39 is 0 Å². The topological polar surface area (TPSA) is 15.3 Å². The van der Waals surface area contributed by atoms with Crippen LogP contribution in [-0.2, 0) is 6.54 Å². The Morgan fingerprint density at radius 3 is 2.95 bits per heavy atom. The second-order valence-corrected chi connectivity index (χ2v) is 6.13. The molecule has 1 fully saturated rings. The van der Waals surface area contributed by atoms with Crippen molar-refractivity contribution in [3.63, 3.8) is 0 Å². The van der Waals surface area contributed by atoms with Gasteiger partial charge >= 0.3 is 0 Å². The summed E-state index contributed by atoms with van der Waals surface area (Å²) in [4.78, 5) is 2.63. The van der Waals surface area contributed by atoms with Gasteiger partial charge in [0.05, 0.1) is 0 Å². The van der Waals surface area contributed by atoms with Gasteiger partial charge in [0.25, 0.3) is 0 Å². The fourth-order valence-corrected chi connectivity index (χ4v) is 2.97. The molecule has 2 heteroatoms. The SMILES string of the molecule is CCC1CCN(Cc2cccc(C)c2)CC(C)CN1. The lowest BCUT2D eigenvalue weighted by Gasteiger charge is -2.32. The molecular weight excluding hydrogens is 232 g/mol. The second-order valence-electron chi connectivity index (χ2n) is 6.13. The van der Waals surface area contributed by atoms with Gasteiger partial charge in [-0.15, -0.1) is 0 Å². The third-order valence-electron chi connectivity index (χ3n) is 4.10. The van der Waals surface area contributed by atoms with Crippen molar-refractivity contribution in [2.45, 2.75) is 46.2 Å². The molecule has 1 saturated heterocycles. The van der Waals surface area contributed by atoms with Crippen LogP contribution in [-0.4, -0.2) is 30.6 Å². The molecule has 106 valence electrons. The molecule has 2 rings (SSSR count). The Balaban J connectivity index is 1.97. The quantitative estimate of drug-likeness (QED) is 0.898. The lowest BCUT2D eigenvalue weighted by Crippen LogP contribution is -2.43. The van der Waals surface area contributed by atoms with Crippen molar-refractivity contribution in [3.05, 3.63) is 35.4 Å². The van der Waals surface area contributed by atoms with E-state index in [1.54, 1.807) is 0 Å². The molecule has 1 N–H and O–H groups in total. The van der Waals surface area contributed by atoms with E-state index in [1.165, 1.54) is 37.1 Å². The average Bonchev–Trinajstić information content (AvgIpc) is 2.36. The van der Waals surface area contributed by atoms with Crippen LogP contribution >= 0.6 is 0 Å². The van der Waals surface area contributed by atoms with Gasteiger partial charge in [-0.25, -0.2) is 0 Å². The fraction of sp³-hybridized carbons (Fsp3) is 0.647. The molecule has 19 heavy (non-hydrogen) atoms. The number of aryl methyl sites for hydroxylation is 1. The molecule has 1 aliphatic rings. The van der Waals surface area contributed by atoms with Crippen LogP contribution in [0.1, 0.15) is 37.8 Å². The van der Waals surface area contributed by atoms with E-state index >= 15 is 0 Å². The first-order valence-corrected chi connectivity index (χ1v) is 7.68. The van der Waals surface area contributed by atoms with E-state index in [2.05, 4.69) is 55.3 Å². The van der Waals surface area contributed by atoms with Crippen molar-refractivity contribution < 1.29 is 0 Å². The number of benzene rings is 1. The molecule has 2 atom stereocenters. The largest absolute Gasteiger partial charge is 0.314 e. The highest BCUT2D eigenvalue weighted by Crippen LogP contribution is 2.13. The molecule has 0 bridgehead atoms. The van der Waals surface area contributed by atoms with Gasteiger partial charge in [0.1, 0.15) is 0 Å². The fourth-order valence-electron chi connectivity index (χ4n) is 2.97. The van der Waals surface area contributed by atoms with Crippen LogP contribution in [0.5, 0.6) is 0 Å². The van der Waals surface area contributed by atoms with Crippen molar-refractivity contribution in [1.82, 2.24) is 10.2 Å². The maximum Gasteiger partial charge on any atom is 0.0233 e. The Bertz CT molecular complexity index is 389. The van der Waals surface area contributed by atoms with Gasteiger partial charge < -0.3 is 5.32 Å². The normalized spacial score (nSPS) is 25.8. The molecule has 1 aliphatic heterocycles. The van der Waals surface area contributed by atoms with E-state index in [9.17, 15) is 0 Å². The summed E-state index contributed by atoms with van der Waals surface area (Å²) in [7, 11) is 0. The third kappa shape index (κ3) is 4.63. The molecule has 2 unspecified atom stereocenters. The number of hydrogen-bond donors (Lipinski definition) is 1. The van der Waals surface area contributed by atoms with Crippen LogP contribution in [0.25, 0.3) is 0 Å². The first-order chi connectivity index (χ1) is 9.17. The van der Waals surface area contributed by atoms with Gasteiger partial charge in [-0.3, -0.25) is 4.90 Å². The highest BCUT2D eigenvalue weighted by molar-refractivity contribution is 5.22. The molecule has 0 aromatic heterocycles. The van der Waals surface area contributed by atoms with E-state index in [4.69, 9.17) is 0 Å². The highest BCUT2D eigenvalue weighted by Gasteiger charge is 2.17. The number of nitrogens with zero attached hydrogens (tertiary/aromatic N) is 1. The standard InChI is InChI=1S/C17H28N2/c1-4-17-8-9-19(12-15(3)11-18-17)13-16-7-5-6-14(2)10-16/h5-7,10,15,17-18H,4,8-9,11-13H2,1-3H3. The van der Waals surface area contributed by atoms with Crippen molar-refractivity contribution >= 4 is 0 Å². The molecule has 0 radical (unpaired) electrons.